The van der Waals surface area contributed by atoms with E-state index in [1.165, 1.54) is 17.4 Å². The fourth-order valence-electron chi connectivity index (χ4n) is 1.81. The molecule has 7 heteroatoms. The number of hydrogen-bond donors (Lipinski definition) is 2. The molecule has 0 spiro atoms. The summed E-state index contributed by atoms with van der Waals surface area (Å²) in [4.78, 5) is 27.1. The van der Waals surface area contributed by atoms with Crippen LogP contribution in [-0.4, -0.2) is 28.6 Å². The van der Waals surface area contributed by atoms with Gasteiger partial charge in [0.1, 0.15) is 10.8 Å². The van der Waals surface area contributed by atoms with Crippen LogP contribution in [0.3, 0.4) is 0 Å². The molecule has 1 heterocycles. The van der Waals surface area contributed by atoms with Crippen LogP contribution < -0.4 is 10.1 Å². The van der Waals surface area contributed by atoms with Gasteiger partial charge >= 0.3 is 5.97 Å². The van der Waals surface area contributed by atoms with E-state index in [0.717, 1.165) is 5.01 Å². The van der Waals surface area contributed by atoms with E-state index in [2.05, 4.69) is 10.3 Å². The maximum Gasteiger partial charge on any atom is 0.341 e. The number of nitrogens with one attached hydrogen (secondary N) is 1. The third-order valence-electron chi connectivity index (χ3n) is 2.85. The molecular formula is C15H16N2O4S. The average Bonchev–Trinajstić information content (AvgIpc) is 3.00. The minimum absolute atomic E-state index is 0.277. The largest absolute Gasteiger partial charge is 0.482 e. The summed E-state index contributed by atoms with van der Waals surface area (Å²) < 4.78 is 5.07. The number of thiazole rings is 1. The molecule has 1 amide bonds. The quantitative estimate of drug-likeness (QED) is 0.852. The summed E-state index contributed by atoms with van der Waals surface area (Å²) in [7, 11) is 0. The molecule has 1 aromatic carbocycles. The van der Waals surface area contributed by atoms with Gasteiger partial charge in [-0.1, -0.05) is 6.07 Å². The number of ether oxygens (including phenoxy) is 1. The molecule has 0 radical (unpaired) electrons. The molecule has 2 aromatic rings. The van der Waals surface area contributed by atoms with E-state index in [1.54, 1.807) is 24.4 Å². The highest BCUT2D eigenvalue weighted by Gasteiger charge is 2.26. The van der Waals surface area contributed by atoms with Crippen molar-refractivity contribution >= 4 is 23.2 Å². The van der Waals surface area contributed by atoms with Crippen molar-refractivity contribution in [1.82, 2.24) is 10.3 Å². The second kappa shape index (κ2) is 6.57. The number of carbonyl (C=O) groups excluding carboxylic acids is 1. The Hall–Kier alpha value is -2.41. The van der Waals surface area contributed by atoms with Crippen molar-refractivity contribution in [2.75, 3.05) is 6.61 Å². The van der Waals surface area contributed by atoms with E-state index in [4.69, 9.17) is 9.84 Å². The van der Waals surface area contributed by atoms with Gasteiger partial charge in [0.15, 0.2) is 6.61 Å². The molecule has 2 N–H and O–H groups in total. The number of hydrogen-bond acceptors (Lipinski definition) is 5. The number of carboxylic acid groups (broad SMARTS) is 1. The number of carboxylic acids is 1. The van der Waals surface area contributed by atoms with Gasteiger partial charge in [0, 0.05) is 17.1 Å². The van der Waals surface area contributed by atoms with Crippen molar-refractivity contribution < 1.29 is 19.4 Å². The molecule has 6 nitrogen and oxygen atoms in total. The van der Waals surface area contributed by atoms with E-state index in [0.29, 0.717) is 11.3 Å². The van der Waals surface area contributed by atoms with Crippen LogP contribution in [0.1, 0.15) is 29.2 Å². The Labute approximate surface area is 131 Å². The number of benzene rings is 1. The van der Waals surface area contributed by atoms with E-state index in [1.807, 2.05) is 19.2 Å². The van der Waals surface area contributed by atoms with E-state index in [-0.39, 0.29) is 5.91 Å². The van der Waals surface area contributed by atoms with E-state index >= 15 is 0 Å². The number of aliphatic carboxylic acids is 1. The summed E-state index contributed by atoms with van der Waals surface area (Å²) in [6.45, 7) is 3.29. The van der Waals surface area contributed by atoms with Gasteiger partial charge in [0.25, 0.3) is 5.91 Å². The van der Waals surface area contributed by atoms with Gasteiger partial charge in [-0.15, -0.1) is 11.3 Å². The topological polar surface area (TPSA) is 88.5 Å². The molecule has 0 saturated heterocycles. The van der Waals surface area contributed by atoms with Gasteiger partial charge in [-0.05, 0) is 32.0 Å². The first-order valence-electron chi connectivity index (χ1n) is 6.55. The van der Waals surface area contributed by atoms with Crippen molar-refractivity contribution in [3.63, 3.8) is 0 Å². The molecule has 0 unspecified atom stereocenters. The number of nitrogens with zero attached hydrogens (tertiary/aromatic N) is 1. The first-order chi connectivity index (χ1) is 10.4. The van der Waals surface area contributed by atoms with Crippen LogP contribution in [0, 0.1) is 0 Å². The molecule has 0 aliphatic rings. The smallest absolute Gasteiger partial charge is 0.341 e. The Kier molecular flexibility index (Phi) is 4.77. The maximum atomic E-state index is 12.3. The van der Waals surface area contributed by atoms with Crippen LogP contribution in [0.4, 0.5) is 0 Å². The third-order valence-corrected chi connectivity index (χ3v) is 3.95. The lowest BCUT2D eigenvalue weighted by molar-refractivity contribution is -0.139. The number of amides is 1. The van der Waals surface area contributed by atoms with Gasteiger partial charge in [-0.2, -0.15) is 0 Å². The maximum absolute atomic E-state index is 12.3. The molecule has 0 aliphatic heterocycles. The van der Waals surface area contributed by atoms with Crippen molar-refractivity contribution in [3.05, 3.63) is 46.4 Å². The molecule has 116 valence electrons. The van der Waals surface area contributed by atoms with Crippen LogP contribution in [-0.2, 0) is 10.3 Å². The predicted octanol–water partition coefficient (Wildman–Crippen LogP) is 2.27. The summed E-state index contributed by atoms with van der Waals surface area (Å²) >= 11 is 1.47. The third kappa shape index (κ3) is 4.05. The molecular weight excluding hydrogens is 304 g/mol. The van der Waals surface area contributed by atoms with Gasteiger partial charge in [-0.3, -0.25) is 4.79 Å². The summed E-state index contributed by atoms with van der Waals surface area (Å²) in [5.41, 5.74) is -0.198. The minimum atomic E-state index is -1.07. The van der Waals surface area contributed by atoms with Gasteiger partial charge in [0.2, 0.25) is 0 Å². The molecule has 0 aliphatic carbocycles. The minimum Gasteiger partial charge on any atom is -0.482 e. The highest BCUT2D eigenvalue weighted by molar-refractivity contribution is 7.09. The zero-order valence-electron chi connectivity index (χ0n) is 12.2. The Morgan fingerprint density at radius 1 is 1.41 bits per heavy atom. The second-order valence-corrected chi connectivity index (χ2v) is 6.02. The van der Waals surface area contributed by atoms with Crippen LogP contribution in [0.25, 0.3) is 0 Å². The molecule has 1 aromatic heterocycles. The number of aromatic nitrogens is 1. The van der Waals surface area contributed by atoms with Crippen LogP contribution in [0.15, 0.2) is 35.8 Å². The van der Waals surface area contributed by atoms with Crippen molar-refractivity contribution in [2.45, 2.75) is 19.4 Å². The van der Waals surface area contributed by atoms with Gasteiger partial charge in [-0.25, -0.2) is 9.78 Å². The normalized spacial score (nSPS) is 11.0. The number of rotatable bonds is 6. The zero-order valence-corrected chi connectivity index (χ0v) is 13.0. The Bertz CT molecular complexity index is 668. The van der Waals surface area contributed by atoms with Crippen LogP contribution in [0.2, 0.25) is 0 Å². The zero-order chi connectivity index (χ0) is 16.2. The summed E-state index contributed by atoms with van der Waals surface area (Å²) in [6, 6.07) is 6.39. The second-order valence-electron chi connectivity index (χ2n) is 5.13. The summed E-state index contributed by atoms with van der Waals surface area (Å²) in [6.07, 6.45) is 1.69. The fraction of sp³-hybridized carbons (Fsp3) is 0.267. The summed E-state index contributed by atoms with van der Waals surface area (Å²) in [5, 5.41) is 14.2. The van der Waals surface area contributed by atoms with Crippen molar-refractivity contribution in [1.29, 1.82) is 0 Å². The standard InChI is InChI=1S/C15H16N2O4S/c1-15(2,14-16-6-7-22-14)17-13(20)10-4-3-5-11(8-10)21-9-12(18)19/h3-8H,9H2,1-2H3,(H,17,20)(H,18,19). The Balaban J connectivity index is 2.09. The van der Waals surface area contributed by atoms with E-state index < -0.39 is 18.1 Å². The molecule has 0 fully saturated rings. The first kappa shape index (κ1) is 16.0. The van der Waals surface area contributed by atoms with E-state index in [9.17, 15) is 9.59 Å². The lowest BCUT2D eigenvalue weighted by Crippen LogP contribution is -2.40. The van der Waals surface area contributed by atoms with Crippen molar-refractivity contribution in [2.24, 2.45) is 0 Å². The molecule has 0 atom stereocenters. The highest BCUT2D eigenvalue weighted by atomic mass is 32.1. The monoisotopic (exact) mass is 320 g/mol. The summed E-state index contributed by atoms with van der Waals surface area (Å²) in [5.74, 6) is -1.01. The SMILES string of the molecule is CC(C)(NC(=O)c1cccc(OCC(=O)O)c1)c1nccs1. The molecule has 22 heavy (non-hydrogen) atoms. The number of carbonyl (C=O) groups is 2. The highest BCUT2D eigenvalue weighted by Crippen LogP contribution is 2.23. The lowest BCUT2D eigenvalue weighted by Gasteiger charge is -2.23. The molecule has 0 saturated carbocycles. The van der Waals surface area contributed by atoms with Gasteiger partial charge in [0.05, 0.1) is 5.54 Å². The molecule has 2 rings (SSSR count). The Morgan fingerprint density at radius 3 is 2.82 bits per heavy atom. The lowest BCUT2D eigenvalue weighted by atomic mass is 10.1. The van der Waals surface area contributed by atoms with Gasteiger partial charge < -0.3 is 15.2 Å². The molecule has 0 bridgehead atoms. The fourth-order valence-corrected chi connectivity index (χ4v) is 2.53. The first-order valence-corrected chi connectivity index (χ1v) is 7.43. The van der Waals surface area contributed by atoms with Crippen LogP contribution >= 0.6 is 11.3 Å². The van der Waals surface area contributed by atoms with Crippen LogP contribution in [0.5, 0.6) is 5.75 Å². The average molecular weight is 320 g/mol. The van der Waals surface area contributed by atoms with Crippen molar-refractivity contribution in [3.8, 4) is 5.75 Å². The predicted molar refractivity (Wildman–Crippen MR) is 82.2 cm³/mol. The Morgan fingerprint density at radius 2 is 2.18 bits per heavy atom.